The molecule has 3 rings (SSSR count). The molecule has 2 unspecified atom stereocenters. The molecule has 1 aliphatic heterocycles. The molecule has 0 bridgehead atoms. The zero-order valence-electron chi connectivity index (χ0n) is 19.3. The van der Waals surface area contributed by atoms with Crippen LogP contribution in [0, 0.1) is 0 Å². The molecule has 2 heterocycles. The van der Waals surface area contributed by atoms with E-state index in [2.05, 4.69) is 8.83 Å². The smallest absolute Gasteiger partial charge is 0.756 e. The van der Waals surface area contributed by atoms with Gasteiger partial charge in [-0.3, -0.25) is 27.9 Å². The Balaban J connectivity index is 0.00000342. The number of hydrogen-bond acceptors (Lipinski definition) is 13. The second-order valence-corrected chi connectivity index (χ2v) is 9.87. The quantitative estimate of drug-likeness (QED) is 0.122. The zero-order chi connectivity index (χ0) is 26.1. The van der Waals surface area contributed by atoms with Crippen molar-refractivity contribution in [2.24, 2.45) is 0 Å². The predicted octanol–water partition coefficient (Wildman–Crippen LogP) is -9.16. The third-order valence-electron chi connectivity index (χ3n) is 4.76. The number of aromatic nitrogens is 2. The van der Waals surface area contributed by atoms with Gasteiger partial charge in [0.05, 0.1) is 13.2 Å². The van der Waals surface area contributed by atoms with Crippen LogP contribution in [-0.2, 0) is 24.7 Å². The van der Waals surface area contributed by atoms with Crippen molar-refractivity contribution in [1.29, 1.82) is 0 Å². The second-order valence-electron chi connectivity index (χ2n) is 7.20. The van der Waals surface area contributed by atoms with Crippen LogP contribution in [0.2, 0.25) is 0 Å². The molecule has 0 saturated carbocycles. The number of benzene rings is 1. The van der Waals surface area contributed by atoms with Gasteiger partial charge in [-0.25, -0.2) is 9.11 Å². The Bertz CT molecular complexity index is 1330. The molecule has 0 radical (unpaired) electrons. The van der Waals surface area contributed by atoms with Gasteiger partial charge < -0.3 is 39.3 Å². The average Bonchev–Trinajstić information content (AvgIpc) is 3.03. The second kappa shape index (κ2) is 13.7. The fraction of sp³-hybridized carbons (Fsp3) is 0.353. The summed E-state index contributed by atoms with van der Waals surface area (Å²) in [4.78, 5) is 68.4. The Morgan fingerprint density at radius 1 is 1.11 bits per heavy atom. The van der Waals surface area contributed by atoms with Gasteiger partial charge in [0.25, 0.3) is 13.4 Å². The van der Waals surface area contributed by atoms with Crippen molar-refractivity contribution >= 4 is 21.4 Å². The molecule has 4 N–H and O–H groups in total. The summed E-state index contributed by atoms with van der Waals surface area (Å²) < 4.78 is 36.4. The van der Waals surface area contributed by atoms with Crippen LogP contribution >= 0.6 is 15.6 Å². The summed E-state index contributed by atoms with van der Waals surface area (Å²) >= 11 is 0. The molecule has 20 heteroatoms. The van der Waals surface area contributed by atoms with Crippen LogP contribution in [0.25, 0.3) is 0 Å². The van der Waals surface area contributed by atoms with E-state index in [9.17, 15) is 48.6 Å². The van der Waals surface area contributed by atoms with Crippen molar-refractivity contribution in [3.8, 4) is 5.75 Å². The van der Waals surface area contributed by atoms with Gasteiger partial charge in [0.1, 0.15) is 24.1 Å². The van der Waals surface area contributed by atoms with E-state index in [-0.39, 0.29) is 64.7 Å². The number of phosphoric acid groups is 2. The number of hydrogen-bond donors (Lipinski definition) is 4. The largest absolute Gasteiger partial charge is 1.00 e. The number of phosphoric ester groups is 1. The maximum atomic E-state index is 12.8. The summed E-state index contributed by atoms with van der Waals surface area (Å²) in [5.41, 5.74) is -2.27. The van der Waals surface area contributed by atoms with Crippen molar-refractivity contribution in [1.82, 2.24) is 9.13 Å². The van der Waals surface area contributed by atoms with Crippen molar-refractivity contribution < 1.29 is 117 Å². The third kappa shape index (κ3) is 8.75. The van der Waals surface area contributed by atoms with E-state index in [0.29, 0.717) is 4.57 Å². The van der Waals surface area contributed by atoms with Crippen LogP contribution in [0.1, 0.15) is 16.6 Å². The predicted molar refractivity (Wildman–Crippen MR) is 108 cm³/mol. The summed E-state index contributed by atoms with van der Waals surface area (Å²) in [5, 5.41) is 29.2. The van der Waals surface area contributed by atoms with E-state index >= 15 is 0 Å². The summed E-state index contributed by atoms with van der Waals surface area (Å²) in [7, 11) is -11.3. The number of carbonyl (C=O) groups excluding carboxylic acids is 1. The van der Waals surface area contributed by atoms with Crippen LogP contribution in [0.4, 0.5) is 0 Å². The van der Waals surface area contributed by atoms with Gasteiger partial charge >= 0.3 is 72.6 Å². The molecule has 0 spiro atoms. The molecule has 1 aromatic heterocycles. The molecule has 2 aromatic rings. The van der Waals surface area contributed by atoms with Crippen LogP contribution in [0.3, 0.4) is 0 Å². The molecule has 0 aliphatic carbocycles. The summed E-state index contributed by atoms with van der Waals surface area (Å²) in [6.07, 6.45) is -4.85. The van der Waals surface area contributed by atoms with Crippen molar-refractivity contribution in [3.63, 3.8) is 0 Å². The van der Waals surface area contributed by atoms with Crippen LogP contribution < -0.4 is 84.7 Å². The number of aliphatic hydroxyl groups excluding tert-OH is 3. The third-order valence-corrected chi connectivity index (χ3v) is 6.82. The number of aliphatic hydroxyl groups is 3. The Morgan fingerprint density at radius 3 is 2.32 bits per heavy atom. The van der Waals surface area contributed by atoms with Crippen molar-refractivity contribution in [2.45, 2.75) is 31.1 Å². The van der Waals surface area contributed by atoms with Crippen LogP contribution in [0.15, 0.2) is 46.1 Å². The molecule has 1 fully saturated rings. The number of nitrogens with zero attached hydrogens (tertiary/aromatic N) is 2. The first kappa shape index (κ1) is 34.5. The van der Waals surface area contributed by atoms with Gasteiger partial charge in [0, 0.05) is 17.8 Å². The van der Waals surface area contributed by atoms with Gasteiger partial charge in [-0.1, -0.05) is 12.1 Å². The van der Waals surface area contributed by atoms with Gasteiger partial charge in [-0.05, 0) is 12.1 Å². The average molecular weight is 582 g/mol. The SMILES string of the molecule is O=C(Cn1c(=O)ccn([C@@H]2O[C@H](CO)[C@@H](O)[C@H]2O)c1=O)c1cccc(OP(=O)([O-])OP(=O)([O-])O)c1.[Na+].[Na+]. The number of ether oxygens (including phenoxy) is 1. The molecule has 192 valence electrons. The van der Waals surface area contributed by atoms with E-state index in [1.807, 2.05) is 0 Å². The van der Waals surface area contributed by atoms with Gasteiger partial charge in [0.2, 0.25) is 0 Å². The van der Waals surface area contributed by atoms with Gasteiger partial charge in [0.15, 0.2) is 12.0 Å². The van der Waals surface area contributed by atoms with E-state index in [1.165, 1.54) is 6.07 Å². The number of ketones is 1. The van der Waals surface area contributed by atoms with Crippen molar-refractivity contribution in [2.75, 3.05) is 6.61 Å². The summed E-state index contributed by atoms with van der Waals surface area (Å²) in [5.74, 6) is -1.46. The molecule has 1 saturated heterocycles. The molecule has 1 aliphatic rings. The minimum Gasteiger partial charge on any atom is -0.756 e. The summed E-state index contributed by atoms with van der Waals surface area (Å²) in [6, 6.07) is 5.07. The van der Waals surface area contributed by atoms with Gasteiger partial charge in [-0.15, -0.1) is 0 Å². The number of carbonyl (C=O) groups is 1. The number of rotatable bonds is 9. The zero-order valence-corrected chi connectivity index (χ0v) is 25.1. The molecule has 6 atom stereocenters. The first-order valence-electron chi connectivity index (χ1n) is 9.56. The number of Topliss-reactive ketones (excluding diaryl/α,β-unsaturated/α-hetero) is 1. The molecule has 37 heavy (non-hydrogen) atoms. The maximum absolute atomic E-state index is 12.8. The minimum absolute atomic E-state index is 0. The Morgan fingerprint density at radius 2 is 1.76 bits per heavy atom. The standard InChI is InChI=1S/C17H20N2O14P2.2Na/c20-8-12-14(23)15(24)16(31-12)18-5-4-13(22)19(17(18)25)7-11(21)9-2-1-3-10(6-9)32-35(29,30)33-34(26,27)28;;/h1-6,12,14-16,20,23-24H,7-8H2,(H,29,30)(H2,26,27,28);;/q;2*+1/p-2/t12-,14-,15-,16-;;/m1../s1. The van der Waals surface area contributed by atoms with E-state index in [4.69, 9.17) is 9.63 Å². The Labute approximate surface area is 251 Å². The van der Waals surface area contributed by atoms with E-state index in [1.54, 1.807) is 0 Å². The first-order chi connectivity index (χ1) is 16.2. The normalized spacial score (nSPS) is 24.2. The molecular formula is C17H18N2Na2O14P2. The van der Waals surface area contributed by atoms with Crippen molar-refractivity contribution in [3.05, 3.63) is 62.9 Å². The fourth-order valence-corrected chi connectivity index (χ4v) is 4.73. The van der Waals surface area contributed by atoms with E-state index < -0.39 is 76.1 Å². The topological polar surface area (TPSA) is 250 Å². The first-order valence-corrected chi connectivity index (χ1v) is 12.5. The minimum atomic E-state index is -5.69. The molecule has 16 nitrogen and oxygen atoms in total. The van der Waals surface area contributed by atoms with E-state index in [0.717, 1.165) is 35.0 Å². The van der Waals surface area contributed by atoms with Gasteiger partial charge in [-0.2, -0.15) is 0 Å². The molecule has 0 amide bonds. The maximum Gasteiger partial charge on any atom is 1.00 e. The molecule has 1 aromatic carbocycles. The Hall–Kier alpha value is -0.490. The fourth-order valence-electron chi connectivity index (χ4n) is 3.21. The van der Waals surface area contributed by atoms with Crippen LogP contribution in [-0.4, -0.2) is 60.0 Å². The molecular weight excluding hydrogens is 564 g/mol. The summed E-state index contributed by atoms with van der Waals surface area (Å²) in [6.45, 7) is -1.51. The monoisotopic (exact) mass is 582 g/mol. The Kier molecular flexibility index (Phi) is 12.8. The van der Waals surface area contributed by atoms with Crippen LogP contribution in [0.5, 0.6) is 5.75 Å².